The summed E-state index contributed by atoms with van der Waals surface area (Å²) in [5.41, 5.74) is 0.120. The van der Waals surface area contributed by atoms with Crippen LogP contribution in [0.25, 0.3) is 0 Å². The van der Waals surface area contributed by atoms with Gasteiger partial charge in [-0.2, -0.15) is 12.6 Å². The molecule has 0 fully saturated rings. The van der Waals surface area contributed by atoms with E-state index in [0.717, 1.165) is 0 Å². The van der Waals surface area contributed by atoms with Crippen LogP contribution in [0.1, 0.15) is 0 Å². The third kappa shape index (κ3) is 2.47. The molecular weight excluding hydrogens is 114 g/mol. The van der Waals surface area contributed by atoms with Gasteiger partial charge in [-0.25, -0.2) is 0 Å². The molecule has 0 aromatic heterocycles. The maximum Gasteiger partial charge on any atom is 0.321 e. The van der Waals surface area contributed by atoms with Gasteiger partial charge in [0.25, 0.3) is 0 Å². The number of thiol groups is 1. The van der Waals surface area contributed by atoms with Crippen LogP contribution in [-0.2, 0) is 4.79 Å². The topological polar surface area (TPSA) is 63.3 Å². The summed E-state index contributed by atoms with van der Waals surface area (Å²) in [6.07, 6.45) is 0. The van der Waals surface area contributed by atoms with E-state index in [4.69, 9.17) is 7.93 Å². The lowest BCUT2D eigenvalue weighted by Crippen LogP contribution is -2.31. The fourth-order valence-electron chi connectivity index (χ4n) is 0.0781. The quantitative estimate of drug-likeness (QED) is 0.436. The first-order valence-corrected chi connectivity index (χ1v) is 2.33. The van der Waals surface area contributed by atoms with E-state index in [9.17, 15) is 4.79 Å². The molecule has 3 nitrogen and oxygen atoms in total. The van der Waals surface area contributed by atoms with Crippen molar-refractivity contribution in [3.8, 4) is 0 Å². The van der Waals surface area contributed by atoms with Crippen molar-refractivity contribution in [3.63, 3.8) is 0 Å². The van der Waals surface area contributed by atoms with Gasteiger partial charge in [-0.3, -0.25) is 4.79 Å². The molecule has 0 radical (unpaired) electrons. The second kappa shape index (κ2) is 2.87. The molecule has 0 aromatic carbocycles. The molecule has 0 rings (SSSR count). The van der Waals surface area contributed by atoms with Crippen LogP contribution < -0.4 is 5.72 Å². The Bertz CT molecular complexity index is 110. The highest BCUT2D eigenvalue weighted by Gasteiger charge is 2.06. The minimum absolute atomic E-state index is 0.0255. The molecule has 0 amide bonds. The monoisotopic (exact) mass is 123 g/mol. The fraction of sp³-hybridized carbons (Fsp3) is 0.667. The van der Waals surface area contributed by atoms with Gasteiger partial charge in [-0.15, -0.1) is 0 Å². The van der Waals surface area contributed by atoms with E-state index >= 15 is 0 Å². The number of carboxylic acid groups (broad SMARTS) is 1. The van der Waals surface area contributed by atoms with Crippen LogP contribution in [0.15, 0.2) is 0 Å². The van der Waals surface area contributed by atoms with Crippen molar-refractivity contribution < 1.29 is 12.7 Å². The molecule has 0 aliphatic heterocycles. The van der Waals surface area contributed by atoms with Gasteiger partial charge in [-0.1, -0.05) is 0 Å². The van der Waals surface area contributed by atoms with Gasteiger partial charge < -0.3 is 10.8 Å². The standard InChI is InChI=1S/C3H7NO2S/c4-2(1-7)3(5)6/h2,7H,1,4H2,(H,5,6)/i/hD2. The summed E-state index contributed by atoms with van der Waals surface area (Å²) in [7, 11) is 0. The number of carboxylic acids is 1. The molecule has 0 saturated heterocycles. The zero-order valence-corrected chi connectivity index (χ0v) is 4.43. The average molecular weight is 123 g/mol. The number of aliphatic carboxylic acids is 1. The smallest absolute Gasteiger partial charge is 0.321 e. The lowest BCUT2D eigenvalue weighted by molar-refractivity contribution is -0.137. The lowest BCUT2D eigenvalue weighted by Gasteiger charge is -1.96. The van der Waals surface area contributed by atoms with Crippen molar-refractivity contribution >= 4 is 18.6 Å². The van der Waals surface area contributed by atoms with E-state index in [1.807, 2.05) is 0 Å². The number of carbonyl (C=O) groups is 1. The Kier molecular flexibility index (Phi) is 1.54. The van der Waals surface area contributed by atoms with Crippen molar-refractivity contribution in [3.05, 3.63) is 0 Å². The highest BCUT2D eigenvalue weighted by atomic mass is 32.1. The molecule has 1 atom stereocenters. The Labute approximate surface area is 49.8 Å². The summed E-state index contributed by atoms with van der Waals surface area (Å²) in [5.74, 6) is -1.22. The van der Waals surface area contributed by atoms with Crippen LogP contribution in [0.4, 0.5) is 0 Å². The fourth-order valence-corrected chi connectivity index (χ4v) is 0.234. The Morgan fingerprint density at radius 1 is 2.29 bits per heavy atom. The van der Waals surface area contributed by atoms with Crippen LogP contribution >= 0.6 is 12.6 Å². The van der Waals surface area contributed by atoms with Gasteiger partial charge in [0.15, 0.2) is 0 Å². The third-order valence-electron chi connectivity index (χ3n) is 0.458. The molecule has 0 aliphatic carbocycles. The van der Waals surface area contributed by atoms with Crippen molar-refractivity contribution in [1.82, 2.24) is 0 Å². The summed E-state index contributed by atoms with van der Waals surface area (Å²) in [6, 6.07) is -1.13. The molecule has 0 heterocycles. The van der Waals surface area contributed by atoms with Crippen LogP contribution in [0.3, 0.4) is 0 Å². The molecule has 3 N–H and O–H groups in total. The van der Waals surface area contributed by atoms with Crippen LogP contribution in [-0.4, -0.2) is 22.9 Å². The molecule has 0 spiro atoms. The second-order valence-corrected chi connectivity index (χ2v) is 1.40. The highest BCUT2D eigenvalue weighted by molar-refractivity contribution is 7.80. The van der Waals surface area contributed by atoms with Gasteiger partial charge in [0.1, 0.15) is 8.87 Å². The van der Waals surface area contributed by atoms with Crippen molar-refractivity contribution in [2.24, 2.45) is 5.72 Å². The van der Waals surface area contributed by atoms with Gasteiger partial charge in [0, 0.05) is 5.75 Å². The largest absolute Gasteiger partial charge is 0.480 e. The molecule has 4 heteroatoms. The lowest BCUT2D eigenvalue weighted by atomic mass is 10.4. The Morgan fingerprint density at radius 3 is 2.86 bits per heavy atom. The minimum Gasteiger partial charge on any atom is -0.480 e. The normalized spacial score (nSPS) is 18.0. The molecule has 0 saturated carbocycles. The highest BCUT2D eigenvalue weighted by Crippen LogP contribution is 1.80. The summed E-state index contributed by atoms with van der Waals surface area (Å²) < 4.78 is 13.1. The molecular formula is C3H7NO2S. The number of rotatable bonds is 3. The molecule has 1 unspecified atom stereocenters. The number of nitrogens with two attached hydrogens (primary N) is 1. The van der Waals surface area contributed by atoms with Gasteiger partial charge in [0.05, 0.1) is 0 Å². The van der Waals surface area contributed by atoms with Crippen molar-refractivity contribution in [2.75, 3.05) is 5.75 Å². The maximum absolute atomic E-state index is 10.0. The minimum atomic E-state index is -1.20. The van der Waals surface area contributed by atoms with Gasteiger partial charge in [-0.05, 0) is 0 Å². The molecule has 42 valence electrons. The predicted molar refractivity (Wildman–Crippen MR) is 29.5 cm³/mol. The molecule has 0 bridgehead atoms. The zero-order valence-electron chi connectivity index (χ0n) is 5.53. The Balaban J connectivity index is 3.83. The predicted octanol–water partition coefficient (Wildman–Crippen LogP) is -0.672. The molecule has 0 aromatic rings. The maximum atomic E-state index is 10.0. The first kappa shape index (κ1) is 3.74. The van der Waals surface area contributed by atoms with Crippen molar-refractivity contribution in [1.29, 1.82) is 0 Å². The van der Waals surface area contributed by atoms with Gasteiger partial charge >= 0.3 is 5.97 Å². The van der Waals surface area contributed by atoms with Crippen molar-refractivity contribution in [2.45, 2.75) is 6.04 Å². The zero-order chi connectivity index (χ0) is 7.44. The third-order valence-corrected chi connectivity index (χ3v) is 0.804. The van der Waals surface area contributed by atoms with E-state index in [0.29, 0.717) is 0 Å². The van der Waals surface area contributed by atoms with E-state index in [1.165, 1.54) is 0 Å². The Hall–Kier alpha value is -0.220. The molecule has 7 heavy (non-hydrogen) atoms. The Morgan fingerprint density at radius 2 is 2.86 bits per heavy atom. The SMILES string of the molecule is [2H]N([2H])C(CS)C(=O)O. The first-order chi connectivity index (χ1) is 4.09. The van der Waals surface area contributed by atoms with E-state index in [1.54, 1.807) is 0 Å². The number of hydrogen-bond donors (Lipinski definition) is 3. The van der Waals surface area contributed by atoms with E-state index < -0.39 is 12.0 Å². The van der Waals surface area contributed by atoms with Crippen LogP contribution in [0, 0.1) is 0 Å². The number of hydrogen-bond acceptors (Lipinski definition) is 3. The summed E-state index contributed by atoms with van der Waals surface area (Å²) in [6.45, 7) is 0. The summed E-state index contributed by atoms with van der Waals surface area (Å²) in [4.78, 5) is 10.0. The average Bonchev–Trinajstić information content (AvgIpc) is 1.64. The van der Waals surface area contributed by atoms with Crippen LogP contribution in [0.5, 0.6) is 0 Å². The second-order valence-electron chi connectivity index (χ2n) is 1.04. The summed E-state index contributed by atoms with van der Waals surface area (Å²) >= 11 is 3.63. The first-order valence-electron chi connectivity index (χ1n) is 2.59. The van der Waals surface area contributed by atoms with E-state index in [-0.39, 0.29) is 11.5 Å². The summed E-state index contributed by atoms with van der Waals surface area (Å²) in [5, 5.41) is 8.21. The molecule has 0 aliphatic rings. The van der Waals surface area contributed by atoms with Crippen LogP contribution in [0.2, 0.25) is 2.82 Å². The van der Waals surface area contributed by atoms with E-state index in [2.05, 4.69) is 12.6 Å². The van der Waals surface area contributed by atoms with Gasteiger partial charge in [0.2, 0.25) is 0 Å².